The molecule has 1 heterocycles. The minimum atomic E-state index is -1.08. The summed E-state index contributed by atoms with van der Waals surface area (Å²) in [6.07, 6.45) is 0.712. The van der Waals surface area contributed by atoms with Gasteiger partial charge in [0.25, 0.3) is 5.91 Å². The van der Waals surface area contributed by atoms with Gasteiger partial charge in [-0.1, -0.05) is 30.3 Å². The Morgan fingerprint density at radius 1 is 1.09 bits per heavy atom. The van der Waals surface area contributed by atoms with Crippen molar-refractivity contribution in [2.45, 2.75) is 18.9 Å². The number of aromatic carboxylic acids is 1. The minimum absolute atomic E-state index is 0.0621. The van der Waals surface area contributed by atoms with Crippen LogP contribution in [0.5, 0.6) is 5.75 Å². The normalized spacial score (nSPS) is 16.3. The number of anilines is 1. The first kappa shape index (κ1) is 14.1. The Morgan fingerprint density at radius 3 is 2.64 bits per heavy atom. The third kappa shape index (κ3) is 2.79. The number of hydrogen-bond donors (Lipinski definition) is 2. The molecule has 1 aliphatic rings. The number of amides is 1. The highest BCUT2D eigenvalue weighted by molar-refractivity contribution is 6.02. The lowest BCUT2D eigenvalue weighted by Gasteiger charge is -2.25. The number of carbonyl (C=O) groups excluding carboxylic acids is 1. The molecule has 1 amide bonds. The summed E-state index contributed by atoms with van der Waals surface area (Å²) in [5, 5.41) is 11.8. The number of benzene rings is 2. The molecular formula is C17H15NO4. The van der Waals surface area contributed by atoms with Crippen molar-refractivity contribution in [1.82, 2.24) is 0 Å². The van der Waals surface area contributed by atoms with Gasteiger partial charge in [0.1, 0.15) is 5.75 Å². The summed E-state index contributed by atoms with van der Waals surface area (Å²) in [5.74, 6) is -0.700. The highest BCUT2D eigenvalue weighted by Crippen LogP contribution is 2.27. The van der Waals surface area contributed by atoms with E-state index >= 15 is 0 Å². The lowest BCUT2D eigenvalue weighted by atomic mass is 10.0. The molecule has 1 unspecified atom stereocenters. The first-order valence-electron chi connectivity index (χ1n) is 7.03. The molecule has 5 nitrogen and oxygen atoms in total. The predicted octanol–water partition coefficient (Wildman–Crippen LogP) is 2.72. The van der Waals surface area contributed by atoms with Crippen molar-refractivity contribution in [2.75, 3.05) is 5.32 Å². The van der Waals surface area contributed by atoms with E-state index in [1.54, 1.807) is 18.2 Å². The zero-order chi connectivity index (χ0) is 15.5. The van der Waals surface area contributed by atoms with Crippen LogP contribution < -0.4 is 10.1 Å². The van der Waals surface area contributed by atoms with Crippen LogP contribution in [0, 0.1) is 0 Å². The second kappa shape index (κ2) is 5.89. The third-order valence-corrected chi connectivity index (χ3v) is 3.63. The number of carbonyl (C=O) groups is 2. The quantitative estimate of drug-likeness (QED) is 0.913. The molecule has 0 radical (unpaired) electrons. The average Bonchev–Trinajstić information content (AvgIpc) is 2.54. The van der Waals surface area contributed by atoms with Gasteiger partial charge >= 0.3 is 5.97 Å². The summed E-state index contributed by atoms with van der Waals surface area (Å²) in [4.78, 5) is 23.5. The predicted molar refractivity (Wildman–Crippen MR) is 81.2 cm³/mol. The lowest BCUT2D eigenvalue weighted by molar-refractivity contribution is -0.123. The molecule has 112 valence electrons. The Hall–Kier alpha value is -2.82. The van der Waals surface area contributed by atoms with Gasteiger partial charge < -0.3 is 15.2 Å². The average molecular weight is 297 g/mol. The van der Waals surface area contributed by atoms with E-state index < -0.39 is 12.1 Å². The molecule has 3 rings (SSSR count). The van der Waals surface area contributed by atoms with E-state index in [9.17, 15) is 9.59 Å². The van der Waals surface area contributed by atoms with Crippen molar-refractivity contribution >= 4 is 17.6 Å². The standard InChI is InChI=1S/C17H15NO4/c19-16(18-13-7-3-2-6-12(13)17(20)21)15-10-9-11-5-1-4-8-14(11)22-15/h1-8,15H,9-10H2,(H,18,19)(H,20,21). The zero-order valence-electron chi connectivity index (χ0n) is 11.8. The summed E-state index contributed by atoms with van der Waals surface area (Å²) in [6.45, 7) is 0. The summed E-state index contributed by atoms with van der Waals surface area (Å²) < 4.78 is 5.71. The van der Waals surface area contributed by atoms with Crippen molar-refractivity contribution in [3.8, 4) is 5.75 Å². The number of carboxylic acid groups (broad SMARTS) is 1. The largest absolute Gasteiger partial charge is 0.480 e. The number of ether oxygens (including phenoxy) is 1. The van der Waals surface area contributed by atoms with Crippen LogP contribution in [-0.4, -0.2) is 23.1 Å². The Bertz CT molecular complexity index is 726. The molecule has 0 aromatic heterocycles. The molecule has 2 aromatic rings. The SMILES string of the molecule is O=C(O)c1ccccc1NC(=O)C1CCc2ccccc2O1. The van der Waals surface area contributed by atoms with Crippen molar-refractivity contribution < 1.29 is 19.4 Å². The van der Waals surface area contributed by atoms with Crippen LogP contribution in [0.4, 0.5) is 5.69 Å². The topological polar surface area (TPSA) is 75.6 Å². The van der Waals surface area contributed by atoms with E-state index in [0.29, 0.717) is 12.2 Å². The van der Waals surface area contributed by atoms with Gasteiger partial charge in [0.2, 0.25) is 0 Å². The number of nitrogens with one attached hydrogen (secondary N) is 1. The van der Waals surface area contributed by atoms with Crippen LogP contribution in [-0.2, 0) is 11.2 Å². The molecule has 1 atom stereocenters. The molecule has 0 saturated heterocycles. The zero-order valence-corrected chi connectivity index (χ0v) is 11.8. The van der Waals surface area contributed by atoms with Crippen molar-refractivity contribution in [2.24, 2.45) is 0 Å². The fourth-order valence-electron chi connectivity index (χ4n) is 2.50. The van der Waals surface area contributed by atoms with Gasteiger partial charge in [0.15, 0.2) is 6.10 Å². The molecule has 22 heavy (non-hydrogen) atoms. The van der Waals surface area contributed by atoms with E-state index in [1.807, 2.05) is 24.3 Å². The molecule has 2 aromatic carbocycles. The van der Waals surface area contributed by atoms with Crippen molar-refractivity contribution in [3.05, 3.63) is 59.7 Å². The molecule has 0 spiro atoms. The maximum absolute atomic E-state index is 12.3. The Labute approximate surface area is 127 Å². The van der Waals surface area contributed by atoms with Crippen molar-refractivity contribution in [3.63, 3.8) is 0 Å². The fraction of sp³-hybridized carbons (Fsp3) is 0.176. The summed E-state index contributed by atoms with van der Waals surface area (Å²) in [7, 11) is 0. The number of para-hydroxylation sites is 2. The first-order chi connectivity index (χ1) is 10.6. The molecule has 1 aliphatic heterocycles. The van der Waals surface area contributed by atoms with E-state index in [1.165, 1.54) is 6.07 Å². The molecule has 0 fully saturated rings. The maximum Gasteiger partial charge on any atom is 0.337 e. The molecule has 0 saturated carbocycles. The fourth-order valence-corrected chi connectivity index (χ4v) is 2.50. The smallest absolute Gasteiger partial charge is 0.337 e. The number of rotatable bonds is 3. The van der Waals surface area contributed by atoms with Gasteiger partial charge in [-0.15, -0.1) is 0 Å². The van der Waals surface area contributed by atoms with Gasteiger partial charge in [0, 0.05) is 0 Å². The van der Waals surface area contributed by atoms with Gasteiger partial charge in [0.05, 0.1) is 11.3 Å². The monoisotopic (exact) mass is 297 g/mol. The second-order valence-electron chi connectivity index (χ2n) is 5.09. The van der Waals surface area contributed by atoms with E-state index in [-0.39, 0.29) is 17.2 Å². The Kier molecular flexibility index (Phi) is 3.78. The second-order valence-corrected chi connectivity index (χ2v) is 5.09. The van der Waals surface area contributed by atoms with Crippen LogP contribution in [0.2, 0.25) is 0 Å². The molecule has 0 bridgehead atoms. The third-order valence-electron chi connectivity index (χ3n) is 3.63. The highest BCUT2D eigenvalue weighted by atomic mass is 16.5. The summed E-state index contributed by atoms with van der Waals surface area (Å²) in [5.41, 5.74) is 1.42. The van der Waals surface area contributed by atoms with Gasteiger partial charge in [-0.2, -0.15) is 0 Å². The van der Waals surface area contributed by atoms with Crippen LogP contribution in [0.1, 0.15) is 22.3 Å². The van der Waals surface area contributed by atoms with Crippen molar-refractivity contribution in [1.29, 1.82) is 0 Å². The molecule has 2 N–H and O–H groups in total. The molecule has 0 aliphatic carbocycles. The van der Waals surface area contributed by atoms with Gasteiger partial charge in [-0.25, -0.2) is 4.79 Å². The van der Waals surface area contributed by atoms with Crippen LogP contribution >= 0.6 is 0 Å². The Morgan fingerprint density at radius 2 is 1.82 bits per heavy atom. The number of fused-ring (bicyclic) bond motifs is 1. The number of hydrogen-bond acceptors (Lipinski definition) is 3. The number of aryl methyl sites for hydroxylation is 1. The van der Waals surface area contributed by atoms with E-state index in [4.69, 9.17) is 9.84 Å². The highest BCUT2D eigenvalue weighted by Gasteiger charge is 2.26. The lowest BCUT2D eigenvalue weighted by Crippen LogP contribution is -2.36. The Balaban J connectivity index is 1.75. The number of carboxylic acids is 1. The van der Waals surface area contributed by atoms with E-state index in [0.717, 1.165) is 12.0 Å². The summed E-state index contributed by atoms with van der Waals surface area (Å²) in [6, 6.07) is 13.9. The van der Waals surface area contributed by atoms with Crippen LogP contribution in [0.3, 0.4) is 0 Å². The van der Waals surface area contributed by atoms with Crippen LogP contribution in [0.25, 0.3) is 0 Å². The molecular weight excluding hydrogens is 282 g/mol. The van der Waals surface area contributed by atoms with Crippen LogP contribution in [0.15, 0.2) is 48.5 Å². The molecule has 5 heteroatoms. The van der Waals surface area contributed by atoms with E-state index in [2.05, 4.69) is 5.32 Å². The van der Waals surface area contributed by atoms with Gasteiger partial charge in [-0.05, 0) is 36.6 Å². The minimum Gasteiger partial charge on any atom is -0.480 e. The first-order valence-corrected chi connectivity index (χ1v) is 7.03. The van der Waals surface area contributed by atoms with Gasteiger partial charge in [-0.3, -0.25) is 4.79 Å². The maximum atomic E-state index is 12.3. The summed E-state index contributed by atoms with van der Waals surface area (Å²) >= 11 is 0.